The average Bonchev–Trinajstić information content (AvgIpc) is 2.27. The highest BCUT2D eigenvalue weighted by Crippen LogP contribution is 2.29. The van der Waals surface area contributed by atoms with Crippen LogP contribution in [0.4, 0.5) is 0 Å². The first-order valence-electron chi connectivity index (χ1n) is 5.69. The summed E-state index contributed by atoms with van der Waals surface area (Å²) in [5.41, 5.74) is 2.41. The molecule has 0 bridgehead atoms. The first-order valence-corrected chi connectivity index (χ1v) is 5.69. The predicted molar refractivity (Wildman–Crippen MR) is 63.6 cm³/mol. The second-order valence-electron chi connectivity index (χ2n) is 4.09. The van der Waals surface area contributed by atoms with Gasteiger partial charge in [-0.05, 0) is 18.4 Å². The van der Waals surface area contributed by atoms with Crippen LogP contribution in [0.2, 0.25) is 0 Å². The topological polar surface area (TPSA) is 23.8 Å². The van der Waals surface area contributed by atoms with Gasteiger partial charge in [-0.1, -0.05) is 56.5 Å². The molecule has 0 aliphatic carbocycles. The van der Waals surface area contributed by atoms with E-state index in [1.165, 1.54) is 5.56 Å². The Hall–Kier alpha value is -1.29. The molecular formula is C14H19N. The third kappa shape index (κ3) is 2.83. The Kier molecular flexibility index (Phi) is 4.37. The van der Waals surface area contributed by atoms with Gasteiger partial charge in [0.15, 0.2) is 0 Å². The molecule has 0 aliphatic heterocycles. The number of benzene rings is 1. The molecule has 1 nitrogen and oxygen atoms in total. The molecule has 0 spiro atoms. The highest BCUT2D eigenvalue weighted by atomic mass is 14.3. The Morgan fingerprint density at radius 1 is 1.13 bits per heavy atom. The number of aryl methyl sites for hydroxylation is 1. The number of rotatable bonds is 4. The predicted octanol–water partition coefficient (Wildman–Crippen LogP) is 4.04. The van der Waals surface area contributed by atoms with Gasteiger partial charge in [0, 0.05) is 0 Å². The summed E-state index contributed by atoms with van der Waals surface area (Å²) in [5, 5.41) is 9.23. The SMILES string of the molecule is CCC(CC)C(C#N)c1ccc(C)cc1. The lowest BCUT2D eigenvalue weighted by molar-refractivity contribution is 0.453. The summed E-state index contributed by atoms with van der Waals surface area (Å²) >= 11 is 0. The van der Waals surface area contributed by atoms with Crippen LogP contribution in [0.3, 0.4) is 0 Å². The van der Waals surface area contributed by atoms with Gasteiger partial charge in [-0.3, -0.25) is 0 Å². The average molecular weight is 201 g/mol. The van der Waals surface area contributed by atoms with E-state index >= 15 is 0 Å². The molecule has 0 N–H and O–H groups in total. The molecule has 1 rings (SSSR count). The summed E-state index contributed by atoms with van der Waals surface area (Å²) in [4.78, 5) is 0. The fraction of sp³-hybridized carbons (Fsp3) is 0.500. The summed E-state index contributed by atoms with van der Waals surface area (Å²) in [6.45, 7) is 6.39. The van der Waals surface area contributed by atoms with Gasteiger partial charge in [0.1, 0.15) is 0 Å². The van der Waals surface area contributed by atoms with E-state index in [1.54, 1.807) is 0 Å². The van der Waals surface area contributed by atoms with Gasteiger partial charge < -0.3 is 0 Å². The van der Waals surface area contributed by atoms with Crippen molar-refractivity contribution in [2.45, 2.75) is 39.5 Å². The van der Waals surface area contributed by atoms with E-state index in [0.29, 0.717) is 5.92 Å². The maximum atomic E-state index is 9.23. The third-order valence-corrected chi connectivity index (χ3v) is 3.10. The van der Waals surface area contributed by atoms with Crippen LogP contribution in [0, 0.1) is 24.2 Å². The van der Waals surface area contributed by atoms with E-state index in [2.05, 4.69) is 51.1 Å². The van der Waals surface area contributed by atoms with Crippen molar-refractivity contribution in [3.05, 3.63) is 35.4 Å². The Morgan fingerprint density at radius 3 is 2.07 bits per heavy atom. The zero-order valence-electron chi connectivity index (χ0n) is 9.83. The van der Waals surface area contributed by atoms with Crippen LogP contribution in [0.25, 0.3) is 0 Å². The molecule has 1 aromatic carbocycles. The van der Waals surface area contributed by atoms with Crippen molar-refractivity contribution in [1.82, 2.24) is 0 Å². The molecule has 0 radical (unpaired) electrons. The summed E-state index contributed by atoms with van der Waals surface area (Å²) in [6.07, 6.45) is 2.14. The number of hydrogen-bond acceptors (Lipinski definition) is 1. The smallest absolute Gasteiger partial charge is 0.0740 e. The van der Waals surface area contributed by atoms with Crippen molar-refractivity contribution in [1.29, 1.82) is 5.26 Å². The summed E-state index contributed by atoms with van der Waals surface area (Å²) in [5.74, 6) is 0.540. The quantitative estimate of drug-likeness (QED) is 0.721. The fourth-order valence-corrected chi connectivity index (χ4v) is 1.99. The monoisotopic (exact) mass is 201 g/mol. The lowest BCUT2D eigenvalue weighted by atomic mass is 9.83. The van der Waals surface area contributed by atoms with Gasteiger partial charge in [0.05, 0.1) is 12.0 Å². The molecule has 80 valence electrons. The molecule has 0 heterocycles. The van der Waals surface area contributed by atoms with Crippen LogP contribution < -0.4 is 0 Å². The van der Waals surface area contributed by atoms with Gasteiger partial charge in [-0.15, -0.1) is 0 Å². The summed E-state index contributed by atoms with van der Waals surface area (Å²) < 4.78 is 0. The van der Waals surface area contributed by atoms with Crippen molar-refractivity contribution >= 4 is 0 Å². The molecule has 0 aliphatic rings. The van der Waals surface area contributed by atoms with Crippen LogP contribution in [-0.4, -0.2) is 0 Å². The molecule has 0 aromatic heterocycles. The second kappa shape index (κ2) is 5.56. The minimum Gasteiger partial charge on any atom is -0.198 e. The maximum Gasteiger partial charge on any atom is 0.0740 e. The maximum absolute atomic E-state index is 9.23. The van der Waals surface area contributed by atoms with E-state index < -0.39 is 0 Å². The van der Waals surface area contributed by atoms with Crippen LogP contribution in [0.1, 0.15) is 43.7 Å². The normalized spacial score (nSPS) is 12.5. The summed E-state index contributed by atoms with van der Waals surface area (Å²) in [7, 11) is 0. The standard InChI is InChI=1S/C14H19N/c1-4-12(5-2)14(10-15)13-8-6-11(3)7-9-13/h6-9,12,14H,4-5H2,1-3H3. The highest BCUT2D eigenvalue weighted by Gasteiger charge is 2.19. The molecule has 15 heavy (non-hydrogen) atoms. The second-order valence-corrected chi connectivity index (χ2v) is 4.09. The Labute approximate surface area is 92.7 Å². The number of hydrogen-bond donors (Lipinski definition) is 0. The van der Waals surface area contributed by atoms with Gasteiger partial charge in [-0.25, -0.2) is 0 Å². The first kappa shape index (κ1) is 11.8. The van der Waals surface area contributed by atoms with E-state index in [4.69, 9.17) is 0 Å². The zero-order valence-corrected chi connectivity index (χ0v) is 9.83. The minimum absolute atomic E-state index is 0.0561. The molecule has 1 unspecified atom stereocenters. The Morgan fingerprint density at radius 2 is 1.67 bits per heavy atom. The van der Waals surface area contributed by atoms with Crippen molar-refractivity contribution < 1.29 is 0 Å². The molecule has 1 heteroatoms. The highest BCUT2D eigenvalue weighted by molar-refractivity contribution is 5.28. The first-order chi connectivity index (χ1) is 7.22. The van der Waals surface area contributed by atoms with Crippen molar-refractivity contribution in [3.63, 3.8) is 0 Å². The van der Waals surface area contributed by atoms with Gasteiger partial charge in [-0.2, -0.15) is 5.26 Å². The lowest BCUT2D eigenvalue weighted by Crippen LogP contribution is -2.09. The summed E-state index contributed by atoms with van der Waals surface area (Å²) in [6, 6.07) is 10.8. The van der Waals surface area contributed by atoms with E-state index in [0.717, 1.165) is 18.4 Å². The molecular weight excluding hydrogens is 182 g/mol. The van der Waals surface area contributed by atoms with E-state index in [1.807, 2.05) is 0 Å². The molecule has 0 saturated heterocycles. The van der Waals surface area contributed by atoms with Crippen LogP contribution >= 0.6 is 0 Å². The van der Waals surface area contributed by atoms with Crippen molar-refractivity contribution in [2.24, 2.45) is 5.92 Å². The van der Waals surface area contributed by atoms with Crippen LogP contribution in [-0.2, 0) is 0 Å². The molecule has 1 aromatic rings. The van der Waals surface area contributed by atoms with Crippen LogP contribution in [0.15, 0.2) is 24.3 Å². The minimum atomic E-state index is 0.0561. The lowest BCUT2D eigenvalue weighted by Gasteiger charge is -2.19. The van der Waals surface area contributed by atoms with E-state index in [9.17, 15) is 5.26 Å². The van der Waals surface area contributed by atoms with Crippen molar-refractivity contribution in [2.75, 3.05) is 0 Å². The molecule has 0 fully saturated rings. The molecule has 0 saturated carbocycles. The number of nitriles is 1. The molecule has 0 amide bonds. The fourth-order valence-electron chi connectivity index (χ4n) is 1.99. The number of nitrogens with zero attached hydrogens (tertiary/aromatic N) is 1. The molecule has 1 atom stereocenters. The van der Waals surface area contributed by atoms with Gasteiger partial charge in [0.2, 0.25) is 0 Å². The van der Waals surface area contributed by atoms with E-state index in [-0.39, 0.29) is 5.92 Å². The van der Waals surface area contributed by atoms with Gasteiger partial charge >= 0.3 is 0 Å². The van der Waals surface area contributed by atoms with Crippen molar-refractivity contribution in [3.8, 4) is 6.07 Å². The zero-order chi connectivity index (χ0) is 11.3. The largest absolute Gasteiger partial charge is 0.198 e. The van der Waals surface area contributed by atoms with Crippen LogP contribution in [0.5, 0.6) is 0 Å². The Bertz CT molecular complexity index is 327. The van der Waals surface area contributed by atoms with Gasteiger partial charge in [0.25, 0.3) is 0 Å². The third-order valence-electron chi connectivity index (χ3n) is 3.10. The Balaban J connectivity index is 2.92.